The summed E-state index contributed by atoms with van der Waals surface area (Å²) in [4.78, 5) is 10.6. The predicted molar refractivity (Wildman–Crippen MR) is 81.3 cm³/mol. The molecule has 0 aliphatic carbocycles. The highest BCUT2D eigenvalue weighted by molar-refractivity contribution is 7.99. The zero-order valence-electron chi connectivity index (χ0n) is 11.7. The van der Waals surface area contributed by atoms with Crippen LogP contribution in [-0.2, 0) is 13.0 Å². The Balaban J connectivity index is 2.01. The number of hydrogen-bond donors (Lipinski definition) is 1. The Morgan fingerprint density at radius 3 is 2.86 bits per heavy atom. The molecular formula is C13H17N5O2S. The Labute approximate surface area is 126 Å². The van der Waals surface area contributed by atoms with Crippen LogP contribution in [0.15, 0.2) is 29.4 Å². The molecule has 7 nitrogen and oxygen atoms in total. The van der Waals surface area contributed by atoms with Crippen LogP contribution >= 0.6 is 11.8 Å². The maximum atomic E-state index is 11.0. The van der Waals surface area contributed by atoms with Gasteiger partial charge in [0.1, 0.15) is 5.82 Å². The second kappa shape index (κ2) is 7.19. The van der Waals surface area contributed by atoms with Crippen LogP contribution in [0.25, 0.3) is 0 Å². The minimum absolute atomic E-state index is 0.165. The molecule has 0 atom stereocenters. The maximum absolute atomic E-state index is 11.0. The van der Waals surface area contributed by atoms with Gasteiger partial charge in [-0.2, -0.15) is 0 Å². The van der Waals surface area contributed by atoms with E-state index >= 15 is 0 Å². The van der Waals surface area contributed by atoms with Crippen molar-refractivity contribution in [2.75, 3.05) is 12.3 Å². The lowest BCUT2D eigenvalue weighted by atomic mass is 10.1. The normalized spacial score (nSPS) is 10.8. The van der Waals surface area contributed by atoms with Crippen molar-refractivity contribution in [1.82, 2.24) is 14.8 Å². The Morgan fingerprint density at radius 1 is 1.38 bits per heavy atom. The van der Waals surface area contributed by atoms with Crippen LogP contribution in [0.1, 0.15) is 11.4 Å². The first kappa shape index (κ1) is 15.5. The van der Waals surface area contributed by atoms with Gasteiger partial charge in [0.15, 0.2) is 5.16 Å². The Kier molecular flexibility index (Phi) is 5.29. The molecule has 0 aliphatic rings. The van der Waals surface area contributed by atoms with E-state index < -0.39 is 0 Å². The van der Waals surface area contributed by atoms with Crippen molar-refractivity contribution in [3.8, 4) is 0 Å². The van der Waals surface area contributed by atoms with Crippen LogP contribution in [0.2, 0.25) is 0 Å². The van der Waals surface area contributed by atoms with Crippen molar-refractivity contribution in [3.05, 3.63) is 45.8 Å². The van der Waals surface area contributed by atoms with E-state index in [1.165, 1.54) is 17.8 Å². The van der Waals surface area contributed by atoms with Crippen LogP contribution in [-0.4, -0.2) is 32.0 Å². The molecule has 0 amide bonds. The highest BCUT2D eigenvalue weighted by Crippen LogP contribution is 2.22. The topological polar surface area (TPSA) is 99.9 Å². The number of thioether (sulfide) groups is 1. The quantitative estimate of drug-likeness (QED) is 0.475. The third-order valence-corrected chi connectivity index (χ3v) is 4.01. The zero-order chi connectivity index (χ0) is 15.2. The molecule has 21 heavy (non-hydrogen) atoms. The fraction of sp³-hybridized carbons (Fsp3) is 0.385. The third-order valence-electron chi connectivity index (χ3n) is 3.05. The minimum atomic E-state index is -0.346. The molecule has 0 bridgehead atoms. The predicted octanol–water partition coefficient (Wildman–Crippen LogP) is 1.79. The second-order valence-electron chi connectivity index (χ2n) is 4.45. The average Bonchev–Trinajstić information content (AvgIpc) is 2.81. The first-order valence-corrected chi connectivity index (χ1v) is 7.57. The van der Waals surface area contributed by atoms with Gasteiger partial charge in [0.05, 0.1) is 4.92 Å². The summed E-state index contributed by atoms with van der Waals surface area (Å²) < 4.78 is 1.96. The van der Waals surface area contributed by atoms with Crippen LogP contribution in [0.5, 0.6) is 0 Å². The zero-order valence-corrected chi connectivity index (χ0v) is 12.5. The Bertz CT molecular complexity index is 629. The molecule has 0 saturated heterocycles. The van der Waals surface area contributed by atoms with E-state index in [2.05, 4.69) is 10.2 Å². The van der Waals surface area contributed by atoms with E-state index in [1.807, 2.05) is 17.6 Å². The highest BCUT2D eigenvalue weighted by atomic mass is 32.2. The Morgan fingerprint density at radius 2 is 2.14 bits per heavy atom. The fourth-order valence-corrected chi connectivity index (χ4v) is 2.99. The van der Waals surface area contributed by atoms with Crippen molar-refractivity contribution in [2.24, 2.45) is 5.73 Å². The van der Waals surface area contributed by atoms with Gasteiger partial charge in [-0.25, -0.2) is 0 Å². The largest absolute Gasteiger partial charge is 0.329 e. The van der Waals surface area contributed by atoms with Gasteiger partial charge in [-0.05, 0) is 13.3 Å². The molecule has 2 aromatic rings. The molecule has 8 heteroatoms. The first-order chi connectivity index (χ1) is 10.1. The number of nitrogens with zero attached hydrogens (tertiary/aromatic N) is 4. The van der Waals surface area contributed by atoms with Crippen molar-refractivity contribution < 1.29 is 4.92 Å². The van der Waals surface area contributed by atoms with E-state index in [1.54, 1.807) is 12.1 Å². The average molecular weight is 307 g/mol. The van der Waals surface area contributed by atoms with Gasteiger partial charge in [0.25, 0.3) is 5.69 Å². The molecule has 0 spiro atoms. The maximum Gasteiger partial charge on any atom is 0.272 e. The number of benzene rings is 1. The summed E-state index contributed by atoms with van der Waals surface area (Å²) in [6, 6.07) is 6.81. The van der Waals surface area contributed by atoms with Crippen molar-refractivity contribution >= 4 is 17.4 Å². The van der Waals surface area contributed by atoms with Crippen molar-refractivity contribution in [1.29, 1.82) is 0 Å². The highest BCUT2D eigenvalue weighted by Gasteiger charge is 2.13. The summed E-state index contributed by atoms with van der Waals surface area (Å²) in [5.74, 6) is 1.53. The number of hydrogen-bond acceptors (Lipinski definition) is 6. The number of aromatic nitrogens is 3. The number of nitro groups is 1. The van der Waals surface area contributed by atoms with Gasteiger partial charge in [-0.1, -0.05) is 30.0 Å². The summed E-state index contributed by atoms with van der Waals surface area (Å²) in [7, 11) is 0. The minimum Gasteiger partial charge on any atom is -0.329 e. The number of aryl methyl sites for hydroxylation is 2. The van der Waals surface area contributed by atoms with E-state index in [-0.39, 0.29) is 10.6 Å². The molecule has 1 heterocycles. The van der Waals surface area contributed by atoms with Crippen LogP contribution in [0.4, 0.5) is 5.69 Å². The molecule has 1 aromatic heterocycles. The first-order valence-electron chi connectivity index (χ1n) is 6.58. The van der Waals surface area contributed by atoms with Gasteiger partial charge in [0.2, 0.25) is 0 Å². The van der Waals surface area contributed by atoms with E-state index in [9.17, 15) is 10.1 Å². The summed E-state index contributed by atoms with van der Waals surface area (Å²) in [5, 5.41) is 19.9. The van der Waals surface area contributed by atoms with Crippen LogP contribution < -0.4 is 5.73 Å². The smallest absolute Gasteiger partial charge is 0.272 e. The van der Waals surface area contributed by atoms with E-state index in [0.717, 1.165) is 16.5 Å². The number of para-hydroxylation sites is 1. The van der Waals surface area contributed by atoms with Gasteiger partial charge < -0.3 is 10.3 Å². The van der Waals surface area contributed by atoms with Crippen LogP contribution in [0.3, 0.4) is 0 Å². The molecular weight excluding hydrogens is 290 g/mol. The second-order valence-corrected chi connectivity index (χ2v) is 5.52. The van der Waals surface area contributed by atoms with Gasteiger partial charge in [-0.3, -0.25) is 10.1 Å². The molecule has 0 fully saturated rings. The molecule has 0 unspecified atom stereocenters. The van der Waals surface area contributed by atoms with E-state index in [4.69, 9.17) is 5.73 Å². The molecule has 0 aliphatic heterocycles. The van der Waals surface area contributed by atoms with Gasteiger partial charge >= 0.3 is 0 Å². The number of nitro benzene ring substituents is 1. The number of rotatable bonds is 7. The fourth-order valence-electron chi connectivity index (χ4n) is 2.01. The van der Waals surface area contributed by atoms with Crippen LogP contribution in [0, 0.1) is 17.0 Å². The van der Waals surface area contributed by atoms with Gasteiger partial charge in [-0.15, -0.1) is 10.2 Å². The summed E-state index contributed by atoms with van der Waals surface area (Å²) >= 11 is 1.53. The van der Waals surface area contributed by atoms with E-state index in [0.29, 0.717) is 25.3 Å². The molecule has 2 rings (SSSR count). The third kappa shape index (κ3) is 3.79. The molecule has 0 radical (unpaired) electrons. The lowest BCUT2D eigenvalue weighted by Crippen LogP contribution is -2.12. The molecule has 2 N–H and O–H groups in total. The summed E-state index contributed by atoms with van der Waals surface area (Å²) in [6.45, 7) is 3.08. The summed E-state index contributed by atoms with van der Waals surface area (Å²) in [6.07, 6.45) is 0.607. The lowest BCUT2D eigenvalue weighted by molar-refractivity contribution is -0.385. The summed E-state index contributed by atoms with van der Waals surface area (Å²) in [5.41, 5.74) is 6.47. The number of nitrogens with two attached hydrogens (primary N) is 1. The SMILES string of the molecule is Cc1nnc(SCCc2ccccc2[N+](=O)[O-])n1CCN. The van der Waals surface area contributed by atoms with Crippen molar-refractivity contribution in [3.63, 3.8) is 0 Å². The molecule has 1 aromatic carbocycles. The monoisotopic (exact) mass is 307 g/mol. The van der Waals surface area contributed by atoms with Gasteiger partial charge in [0, 0.05) is 30.5 Å². The lowest BCUT2D eigenvalue weighted by Gasteiger charge is -2.06. The standard InChI is InChI=1S/C13H17N5O2S/c1-10-15-16-13(17(10)8-7-14)21-9-6-11-4-2-3-5-12(11)18(19)20/h2-5H,6-9,14H2,1H3. The van der Waals surface area contributed by atoms with Crippen molar-refractivity contribution in [2.45, 2.75) is 25.0 Å². The molecule has 0 saturated carbocycles. The Hall–Kier alpha value is -1.93. The molecule has 112 valence electrons.